The summed E-state index contributed by atoms with van der Waals surface area (Å²) in [5.74, 6) is 0.706. The van der Waals surface area contributed by atoms with Crippen molar-refractivity contribution >= 4 is 5.69 Å². The van der Waals surface area contributed by atoms with E-state index >= 15 is 0 Å². The Morgan fingerprint density at radius 1 is 1.46 bits per heavy atom. The molecule has 0 saturated carbocycles. The van der Waals surface area contributed by atoms with Crippen molar-refractivity contribution < 1.29 is 4.42 Å². The van der Waals surface area contributed by atoms with Gasteiger partial charge in [-0.05, 0) is 30.7 Å². The Morgan fingerprint density at radius 2 is 2.31 bits per heavy atom. The van der Waals surface area contributed by atoms with E-state index in [0.29, 0.717) is 17.1 Å². The first kappa shape index (κ1) is 7.86. The van der Waals surface area contributed by atoms with Gasteiger partial charge in [0.1, 0.15) is 5.69 Å². The van der Waals surface area contributed by atoms with Crippen molar-refractivity contribution in [2.24, 2.45) is 0 Å². The molecule has 2 aromatic heterocycles. The summed E-state index contributed by atoms with van der Waals surface area (Å²) in [5.41, 5.74) is 8.19. The largest absolute Gasteiger partial charge is 0.463 e. The SMILES string of the molecule is Cc1cnc(-c2ccco2)c(N)c1. The summed E-state index contributed by atoms with van der Waals surface area (Å²) in [5, 5.41) is 0. The smallest absolute Gasteiger partial charge is 0.154 e. The second-order valence-electron chi connectivity index (χ2n) is 2.93. The lowest BCUT2D eigenvalue weighted by atomic mass is 10.2. The van der Waals surface area contributed by atoms with E-state index in [1.807, 2.05) is 25.1 Å². The van der Waals surface area contributed by atoms with Gasteiger partial charge in [0, 0.05) is 6.20 Å². The third kappa shape index (κ3) is 1.40. The molecule has 2 N–H and O–H groups in total. The van der Waals surface area contributed by atoms with Crippen LogP contribution in [0.4, 0.5) is 5.69 Å². The van der Waals surface area contributed by atoms with Crippen LogP contribution in [0.2, 0.25) is 0 Å². The summed E-state index contributed by atoms with van der Waals surface area (Å²) in [4.78, 5) is 4.20. The minimum absolute atomic E-state index is 0.648. The highest BCUT2D eigenvalue weighted by atomic mass is 16.3. The zero-order valence-electron chi connectivity index (χ0n) is 7.32. The van der Waals surface area contributed by atoms with E-state index in [0.717, 1.165) is 5.56 Å². The Hall–Kier alpha value is -1.77. The molecule has 0 radical (unpaired) electrons. The maximum absolute atomic E-state index is 5.79. The average Bonchev–Trinajstić information content (AvgIpc) is 2.56. The number of rotatable bonds is 1. The van der Waals surface area contributed by atoms with Gasteiger partial charge in [0.05, 0.1) is 12.0 Å². The Morgan fingerprint density at radius 3 is 2.92 bits per heavy atom. The van der Waals surface area contributed by atoms with Gasteiger partial charge in [-0.25, -0.2) is 0 Å². The summed E-state index contributed by atoms with van der Waals surface area (Å²) < 4.78 is 5.20. The van der Waals surface area contributed by atoms with Crippen LogP contribution in [0.1, 0.15) is 5.56 Å². The van der Waals surface area contributed by atoms with Gasteiger partial charge in [0.15, 0.2) is 5.76 Å². The molecular weight excluding hydrogens is 164 g/mol. The summed E-state index contributed by atoms with van der Waals surface area (Å²) in [6, 6.07) is 5.54. The number of nitrogens with zero attached hydrogens (tertiary/aromatic N) is 1. The van der Waals surface area contributed by atoms with Crippen molar-refractivity contribution in [2.45, 2.75) is 6.92 Å². The number of pyridine rings is 1. The van der Waals surface area contributed by atoms with Crippen molar-refractivity contribution in [1.29, 1.82) is 0 Å². The molecule has 66 valence electrons. The third-order valence-corrected chi connectivity index (χ3v) is 1.81. The zero-order chi connectivity index (χ0) is 9.26. The Bertz CT molecular complexity index is 407. The number of nitrogens with two attached hydrogens (primary N) is 1. The summed E-state index contributed by atoms with van der Waals surface area (Å²) in [7, 11) is 0. The molecule has 0 amide bonds. The number of aromatic nitrogens is 1. The fourth-order valence-corrected chi connectivity index (χ4v) is 1.21. The Kier molecular flexibility index (Phi) is 1.77. The van der Waals surface area contributed by atoms with E-state index in [2.05, 4.69) is 4.98 Å². The monoisotopic (exact) mass is 174 g/mol. The van der Waals surface area contributed by atoms with Crippen molar-refractivity contribution in [1.82, 2.24) is 4.98 Å². The summed E-state index contributed by atoms with van der Waals surface area (Å²) in [6.45, 7) is 1.95. The molecule has 3 nitrogen and oxygen atoms in total. The van der Waals surface area contributed by atoms with Crippen molar-refractivity contribution in [2.75, 3.05) is 5.73 Å². The van der Waals surface area contributed by atoms with Gasteiger partial charge in [-0.1, -0.05) is 0 Å². The normalized spacial score (nSPS) is 10.2. The molecule has 0 bridgehead atoms. The Labute approximate surface area is 76.2 Å². The van der Waals surface area contributed by atoms with Gasteiger partial charge < -0.3 is 10.2 Å². The predicted molar refractivity (Wildman–Crippen MR) is 51.1 cm³/mol. The van der Waals surface area contributed by atoms with Gasteiger partial charge in [0.25, 0.3) is 0 Å². The van der Waals surface area contributed by atoms with Crippen LogP contribution in [-0.4, -0.2) is 4.98 Å². The van der Waals surface area contributed by atoms with E-state index in [1.165, 1.54) is 0 Å². The van der Waals surface area contributed by atoms with E-state index < -0.39 is 0 Å². The molecule has 0 aromatic carbocycles. The fraction of sp³-hybridized carbons (Fsp3) is 0.100. The highest BCUT2D eigenvalue weighted by molar-refractivity contribution is 5.68. The van der Waals surface area contributed by atoms with Crippen molar-refractivity contribution in [3.05, 3.63) is 36.2 Å². The lowest BCUT2D eigenvalue weighted by Gasteiger charge is -2.01. The number of hydrogen-bond donors (Lipinski definition) is 1. The predicted octanol–water partition coefficient (Wildman–Crippen LogP) is 2.23. The molecule has 0 aliphatic rings. The van der Waals surface area contributed by atoms with Crippen molar-refractivity contribution in [3.63, 3.8) is 0 Å². The Balaban J connectivity index is 2.53. The first-order valence-corrected chi connectivity index (χ1v) is 4.03. The first-order valence-electron chi connectivity index (χ1n) is 4.03. The van der Waals surface area contributed by atoms with Crippen LogP contribution in [0, 0.1) is 6.92 Å². The topological polar surface area (TPSA) is 52.0 Å². The van der Waals surface area contributed by atoms with Crippen LogP contribution in [0.5, 0.6) is 0 Å². The van der Waals surface area contributed by atoms with E-state index in [4.69, 9.17) is 10.2 Å². The summed E-state index contributed by atoms with van der Waals surface area (Å²) >= 11 is 0. The molecule has 0 unspecified atom stereocenters. The quantitative estimate of drug-likeness (QED) is 0.721. The minimum atomic E-state index is 0.648. The molecule has 13 heavy (non-hydrogen) atoms. The zero-order valence-corrected chi connectivity index (χ0v) is 7.32. The van der Waals surface area contributed by atoms with E-state index in [1.54, 1.807) is 12.5 Å². The highest BCUT2D eigenvalue weighted by Gasteiger charge is 2.05. The molecule has 0 fully saturated rings. The molecule has 0 aliphatic heterocycles. The summed E-state index contributed by atoms with van der Waals surface area (Å²) in [6.07, 6.45) is 3.38. The molecule has 0 atom stereocenters. The highest BCUT2D eigenvalue weighted by Crippen LogP contribution is 2.23. The van der Waals surface area contributed by atoms with Crippen LogP contribution < -0.4 is 5.73 Å². The van der Waals surface area contributed by atoms with Gasteiger partial charge in [-0.3, -0.25) is 4.98 Å². The van der Waals surface area contributed by atoms with Crippen molar-refractivity contribution in [3.8, 4) is 11.5 Å². The number of aryl methyl sites for hydroxylation is 1. The van der Waals surface area contributed by atoms with Gasteiger partial charge in [-0.15, -0.1) is 0 Å². The molecule has 2 heterocycles. The third-order valence-electron chi connectivity index (χ3n) is 1.81. The second-order valence-corrected chi connectivity index (χ2v) is 2.93. The number of nitrogen functional groups attached to an aromatic ring is 1. The molecule has 2 rings (SSSR count). The first-order chi connectivity index (χ1) is 6.27. The average molecular weight is 174 g/mol. The van der Waals surface area contributed by atoms with Gasteiger partial charge in [-0.2, -0.15) is 0 Å². The lowest BCUT2D eigenvalue weighted by Crippen LogP contribution is -1.93. The molecule has 0 spiro atoms. The minimum Gasteiger partial charge on any atom is -0.463 e. The van der Waals surface area contributed by atoms with Crippen LogP contribution in [-0.2, 0) is 0 Å². The molecule has 3 heteroatoms. The molecule has 0 aliphatic carbocycles. The van der Waals surface area contributed by atoms with Crippen LogP contribution in [0.15, 0.2) is 35.1 Å². The fourth-order valence-electron chi connectivity index (χ4n) is 1.21. The molecule has 0 saturated heterocycles. The van der Waals surface area contributed by atoms with Crippen LogP contribution >= 0.6 is 0 Å². The van der Waals surface area contributed by atoms with Gasteiger partial charge in [0.2, 0.25) is 0 Å². The second kappa shape index (κ2) is 2.94. The van der Waals surface area contributed by atoms with Gasteiger partial charge >= 0.3 is 0 Å². The van der Waals surface area contributed by atoms with E-state index in [-0.39, 0.29) is 0 Å². The van der Waals surface area contributed by atoms with E-state index in [9.17, 15) is 0 Å². The standard InChI is InChI=1S/C10H10N2O/c1-7-5-8(11)10(12-6-7)9-3-2-4-13-9/h2-6H,11H2,1H3. The lowest BCUT2D eigenvalue weighted by molar-refractivity contribution is 0.580. The maximum Gasteiger partial charge on any atom is 0.154 e. The van der Waals surface area contributed by atoms with Crippen LogP contribution in [0.25, 0.3) is 11.5 Å². The van der Waals surface area contributed by atoms with Crippen LogP contribution in [0.3, 0.4) is 0 Å². The number of anilines is 1. The maximum atomic E-state index is 5.79. The molecular formula is C10H10N2O. The molecule has 2 aromatic rings. The number of hydrogen-bond acceptors (Lipinski definition) is 3. The number of furan rings is 1.